The molecule has 3 aromatic rings. The molecule has 0 radical (unpaired) electrons. The number of pyridine rings is 1. The molecule has 6 heteroatoms. The lowest BCUT2D eigenvalue weighted by molar-refractivity contribution is 0.0969. The summed E-state index contributed by atoms with van der Waals surface area (Å²) >= 11 is 0. The average molecular weight is 418 g/mol. The maximum Gasteiger partial charge on any atom is 0.269 e. The molecule has 2 heterocycles. The molecule has 0 N–H and O–H groups in total. The first kappa shape index (κ1) is 22.3. The summed E-state index contributed by atoms with van der Waals surface area (Å²) in [5, 5.41) is 9.43. The Morgan fingerprint density at radius 2 is 1.77 bits per heavy atom. The largest absolute Gasteiger partial charge is 0.380 e. The zero-order valence-electron chi connectivity index (χ0n) is 18.7. The van der Waals surface area contributed by atoms with Crippen molar-refractivity contribution < 1.29 is 9.53 Å². The Morgan fingerprint density at radius 1 is 1.10 bits per heavy atom. The molecule has 2 aromatic heterocycles. The van der Waals surface area contributed by atoms with E-state index in [9.17, 15) is 14.9 Å². The Bertz CT molecular complexity index is 1220. The van der Waals surface area contributed by atoms with Crippen LogP contribution >= 0.6 is 0 Å². The molecule has 0 spiro atoms. The molecule has 0 bridgehead atoms. The van der Waals surface area contributed by atoms with Gasteiger partial charge in [0.2, 0.25) is 0 Å². The van der Waals surface area contributed by atoms with Gasteiger partial charge in [0.15, 0.2) is 5.78 Å². The van der Waals surface area contributed by atoms with Gasteiger partial charge in [0.05, 0.1) is 13.2 Å². The maximum atomic E-state index is 13.2. The van der Waals surface area contributed by atoms with Gasteiger partial charge >= 0.3 is 0 Å². The number of Topliss-reactive ketones (excluding diaryl/α,β-unsaturated/α-hetero) is 1. The van der Waals surface area contributed by atoms with Crippen LogP contribution < -0.4 is 5.56 Å². The molecular weight excluding hydrogens is 390 g/mol. The van der Waals surface area contributed by atoms with Crippen molar-refractivity contribution in [1.29, 1.82) is 5.26 Å². The Hall–Kier alpha value is -3.43. The molecule has 6 nitrogen and oxygen atoms in total. The molecule has 0 aliphatic heterocycles. The first-order valence-corrected chi connectivity index (χ1v) is 10.3. The summed E-state index contributed by atoms with van der Waals surface area (Å²) in [5.41, 5.74) is 5.30. The van der Waals surface area contributed by atoms with Crippen LogP contribution in [0.15, 0.2) is 41.2 Å². The van der Waals surface area contributed by atoms with Crippen molar-refractivity contribution in [2.75, 3.05) is 7.11 Å². The Labute approximate surface area is 182 Å². The first-order valence-electron chi connectivity index (χ1n) is 10.3. The van der Waals surface area contributed by atoms with Gasteiger partial charge in [-0.25, -0.2) is 0 Å². The van der Waals surface area contributed by atoms with Crippen LogP contribution in [-0.2, 0) is 24.3 Å². The van der Waals surface area contributed by atoms with E-state index in [2.05, 4.69) is 31.2 Å². The van der Waals surface area contributed by atoms with E-state index in [1.54, 1.807) is 13.0 Å². The first-order chi connectivity index (χ1) is 14.8. The predicted octanol–water partition coefficient (Wildman–Crippen LogP) is 4.03. The molecule has 0 fully saturated rings. The number of carbonyl (C=O) groups is 1. The highest BCUT2D eigenvalue weighted by Crippen LogP contribution is 2.22. The molecule has 1 aromatic carbocycles. The highest BCUT2D eigenvalue weighted by atomic mass is 16.5. The monoisotopic (exact) mass is 417 g/mol. The number of aryl methyl sites for hydroxylation is 3. The minimum atomic E-state index is -0.466. The lowest BCUT2D eigenvalue weighted by atomic mass is 10.1. The van der Waals surface area contributed by atoms with Crippen molar-refractivity contribution >= 4 is 5.78 Å². The molecule has 0 amide bonds. The van der Waals surface area contributed by atoms with Crippen LogP contribution in [0.4, 0.5) is 0 Å². The number of ketones is 1. The molecule has 160 valence electrons. The Morgan fingerprint density at radius 3 is 2.35 bits per heavy atom. The zero-order valence-corrected chi connectivity index (χ0v) is 18.7. The van der Waals surface area contributed by atoms with Gasteiger partial charge in [-0.1, -0.05) is 19.1 Å². The zero-order chi connectivity index (χ0) is 22.7. The van der Waals surface area contributed by atoms with Crippen LogP contribution in [0.3, 0.4) is 0 Å². The summed E-state index contributed by atoms with van der Waals surface area (Å²) in [5.74, 6) is -0.168. The number of ether oxygens (including phenoxy) is 1. The minimum Gasteiger partial charge on any atom is -0.380 e. The number of aromatic nitrogens is 2. The SMILES string of the molecule is CCc1ccc(-n2c(C)cc(C(=O)Cn3c(C)cc(COC)c(C#N)c3=O)c2C)cc1. The number of rotatable bonds is 7. The number of methoxy groups -OCH3 is 1. The van der Waals surface area contributed by atoms with Gasteiger partial charge in [0.25, 0.3) is 5.56 Å². The van der Waals surface area contributed by atoms with E-state index < -0.39 is 5.56 Å². The van der Waals surface area contributed by atoms with E-state index in [0.29, 0.717) is 16.8 Å². The van der Waals surface area contributed by atoms with Crippen LogP contribution in [0.1, 0.15) is 51.1 Å². The highest BCUT2D eigenvalue weighted by molar-refractivity contribution is 5.97. The minimum absolute atomic E-state index is 0.0155. The van der Waals surface area contributed by atoms with Crippen LogP contribution in [0, 0.1) is 32.1 Å². The topological polar surface area (TPSA) is 77.0 Å². The number of hydrogen-bond donors (Lipinski definition) is 0. The fraction of sp³-hybridized carbons (Fsp3) is 0.320. The number of nitriles is 1. The van der Waals surface area contributed by atoms with E-state index in [4.69, 9.17) is 4.74 Å². The molecule has 0 unspecified atom stereocenters. The van der Waals surface area contributed by atoms with Crippen molar-refractivity contribution in [1.82, 2.24) is 9.13 Å². The number of hydrogen-bond acceptors (Lipinski definition) is 4. The summed E-state index contributed by atoms with van der Waals surface area (Å²) in [6, 6.07) is 13.8. The third-order valence-corrected chi connectivity index (χ3v) is 5.64. The van der Waals surface area contributed by atoms with Gasteiger partial charge in [-0.3, -0.25) is 9.59 Å². The molecule has 0 aliphatic carbocycles. The summed E-state index contributed by atoms with van der Waals surface area (Å²) < 4.78 is 8.50. The highest BCUT2D eigenvalue weighted by Gasteiger charge is 2.20. The molecule has 0 aliphatic rings. The average Bonchev–Trinajstić information content (AvgIpc) is 3.05. The second-order valence-electron chi connectivity index (χ2n) is 7.69. The van der Waals surface area contributed by atoms with E-state index >= 15 is 0 Å². The number of benzene rings is 1. The summed E-state index contributed by atoms with van der Waals surface area (Å²) in [6.07, 6.45) is 0.968. The van der Waals surface area contributed by atoms with E-state index in [1.165, 1.54) is 17.2 Å². The maximum absolute atomic E-state index is 13.2. The van der Waals surface area contributed by atoms with Crippen LogP contribution in [0.25, 0.3) is 5.69 Å². The van der Waals surface area contributed by atoms with Crippen molar-refractivity contribution in [3.8, 4) is 11.8 Å². The van der Waals surface area contributed by atoms with Gasteiger partial charge in [-0.15, -0.1) is 0 Å². The van der Waals surface area contributed by atoms with Gasteiger partial charge in [0.1, 0.15) is 11.6 Å². The van der Waals surface area contributed by atoms with Crippen molar-refractivity contribution in [3.63, 3.8) is 0 Å². The lowest BCUT2D eigenvalue weighted by Gasteiger charge is -2.13. The second-order valence-corrected chi connectivity index (χ2v) is 7.69. The fourth-order valence-corrected chi connectivity index (χ4v) is 3.97. The lowest BCUT2D eigenvalue weighted by Crippen LogP contribution is -2.29. The fourth-order valence-electron chi connectivity index (χ4n) is 3.97. The van der Waals surface area contributed by atoms with Gasteiger partial charge in [-0.2, -0.15) is 5.26 Å². The summed E-state index contributed by atoms with van der Waals surface area (Å²) in [4.78, 5) is 26.0. The standard InChI is InChI=1S/C25H27N3O3/c1-6-19-7-9-21(10-8-19)28-17(3)12-22(18(28)4)24(29)14-27-16(2)11-20(15-31-5)23(13-26)25(27)30/h7-12H,6,14-15H2,1-5H3. The summed E-state index contributed by atoms with van der Waals surface area (Å²) in [6.45, 7) is 7.79. The van der Waals surface area contributed by atoms with Gasteiger partial charge in [-0.05, 0) is 57.0 Å². The normalized spacial score (nSPS) is 10.8. The predicted molar refractivity (Wildman–Crippen MR) is 120 cm³/mol. The van der Waals surface area contributed by atoms with Crippen molar-refractivity contribution in [2.45, 2.75) is 47.3 Å². The van der Waals surface area contributed by atoms with Crippen LogP contribution in [-0.4, -0.2) is 22.0 Å². The summed E-state index contributed by atoms with van der Waals surface area (Å²) in [7, 11) is 1.51. The number of carbonyl (C=O) groups excluding carboxylic acids is 1. The van der Waals surface area contributed by atoms with Crippen LogP contribution in [0.5, 0.6) is 0 Å². The van der Waals surface area contributed by atoms with Crippen LogP contribution in [0.2, 0.25) is 0 Å². The molecule has 0 atom stereocenters. The smallest absolute Gasteiger partial charge is 0.269 e. The van der Waals surface area contributed by atoms with E-state index in [0.717, 1.165) is 23.5 Å². The van der Waals surface area contributed by atoms with E-state index in [-0.39, 0.29) is 24.5 Å². The van der Waals surface area contributed by atoms with Crippen molar-refractivity contribution in [3.05, 3.63) is 86.1 Å². The van der Waals surface area contributed by atoms with Crippen molar-refractivity contribution in [2.24, 2.45) is 0 Å². The Balaban J connectivity index is 1.98. The second kappa shape index (κ2) is 9.15. The van der Waals surface area contributed by atoms with Gasteiger partial charge in [0, 0.05) is 41.0 Å². The molecule has 3 rings (SSSR count). The molecule has 31 heavy (non-hydrogen) atoms. The molecule has 0 saturated carbocycles. The third kappa shape index (κ3) is 4.23. The van der Waals surface area contributed by atoms with E-state index in [1.807, 2.05) is 30.6 Å². The van der Waals surface area contributed by atoms with Gasteiger partial charge < -0.3 is 13.9 Å². The quantitative estimate of drug-likeness (QED) is 0.544. The number of nitrogens with zero attached hydrogens (tertiary/aromatic N) is 3. The Kier molecular flexibility index (Phi) is 6.57. The third-order valence-electron chi connectivity index (χ3n) is 5.64. The molecule has 0 saturated heterocycles. The molecular formula is C25H27N3O3.